The fraction of sp³-hybridized carbons (Fsp3) is 0.167. The number of aromatic nitrogens is 1. The fourth-order valence-corrected chi connectivity index (χ4v) is 2.42. The second kappa shape index (κ2) is 6.37. The van der Waals surface area contributed by atoms with E-state index in [1.54, 1.807) is 0 Å². The van der Waals surface area contributed by atoms with Crippen molar-refractivity contribution >= 4 is 10.9 Å². The predicted octanol–water partition coefficient (Wildman–Crippen LogP) is 3.53. The summed E-state index contributed by atoms with van der Waals surface area (Å²) < 4.78 is 6.02. The van der Waals surface area contributed by atoms with Gasteiger partial charge < -0.3 is 10.1 Å². The molecular formula is C18H18N2O. The van der Waals surface area contributed by atoms with Crippen LogP contribution in [-0.4, -0.2) is 12.0 Å². The van der Waals surface area contributed by atoms with Crippen LogP contribution in [0.2, 0.25) is 0 Å². The average molecular weight is 278 g/mol. The largest absolute Gasteiger partial charge is 0.489 e. The Balaban J connectivity index is 1.84. The van der Waals surface area contributed by atoms with Crippen LogP contribution in [0.5, 0.6) is 5.75 Å². The van der Waals surface area contributed by atoms with Crippen LogP contribution >= 0.6 is 0 Å². The summed E-state index contributed by atoms with van der Waals surface area (Å²) in [5.74, 6) is 0.924. The number of nitrogens with one attached hydrogen (secondary N) is 1. The first-order valence-electron chi connectivity index (χ1n) is 7.06. The van der Waals surface area contributed by atoms with E-state index in [4.69, 9.17) is 4.74 Å². The molecule has 1 heterocycles. The smallest absolute Gasteiger partial charge is 0.124 e. The minimum Gasteiger partial charge on any atom is -0.489 e. The van der Waals surface area contributed by atoms with Gasteiger partial charge in [-0.25, -0.2) is 0 Å². The monoisotopic (exact) mass is 278 g/mol. The van der Waals surface area contributed by atoms with E-state index in [-0.39, 0.29) is 0 Å². The lowest BCUT2D eigenvalue weighted by molar-refractivity contribution is 0.304. The van der Waals surface area contributed by atoms with Crippen molar-refractivity contribution < 1.29 is 4.74 Å². The zero-order valence-electron chi connectivity index (χ0n) is 12.0. The zero-order chi connectivity index (χ0) is 14.5. The van der Waals surface area contributed by atoms with E-state index < -0.39 is 0 Å². The predicted molar refractivity (Wildman–Crippen MR) is 85.3 cm³/mol. The first-order valence-corrected chi connectivity index (χ1v) is 7.06. The minimum atomic E-state index is 0.545. The number of fused-ring (bicyclic) bond motifs is 1. The quantitative estimate of drug-likeness (QED) is 0.775. The second-order valence-electron chi connectivity index (χ2n) is 4.91. The minimum absolute atomic E-state index is 0.545. The number of hydrogen-bond donors (Lipinski definition) is 1. The number of benzene rings is 2. The molecule has 3 heteroatoms. The molecule has 0 atom stereocenters. The van der Waals surface area contributed by atoms with Crippen LogP contribution in [-0.2, 0) is 13.2 Å². The molecule has 0 saturated heterocycles. The molecule has 0 amide bonds. The first kappa shape index (κ1) is 13.6. The Labute approximate surface area is 124 Å². The fourth-order valence-electron chi connectivity index (χ4n) is 2.42. The SMILES string of the molecule is CNCc1ccccc1OCc1ccnc2ccccc12. The van der Waals surface area contributed by atoms with Gasteiger partial charge in [0.25, 0.3) is 0 Å². The number of rotatable bonds is 5. The first-order chi connectivity index (χ1) is 10.4. The summed E-state index contributed by atoms with van der Waals surface area (Å²) in [5, 5.41) is 4.31. The number of nitrogens with zero attached hydrogens (tertiary/aromatic N) is 1. The summed E-state index contributed by atoms with van der Waals surface area (Å²) in [7, 11) is 1.94. The molecule has 0 aliphatic carbocycles. The summed E-state index contributed by atoms with van der Waals surface area (Å²) in [6, 6.07) is 18.3. The van der Waals surface area contributed by atoms with Crippen LogP contribution in [0.15, 0.2) is 60.8 Å². The van der Waals surface area contributed by atoms with E-state index in [0.717, 1.165) is 28.8 Å². The Bertz CT molecular complexity index is 735. The van der Waals surface area contributed by atoms with Gasteiger partial charge in [-0.3, -0.25) is 4.98 Å². The summed E-state index contributed by atoms with van der Waals surface area (Å²) >= 11 is 0. The van der Waals surface area contributed by atoms with Crippen molar-refractivity contribution in [1.82, 2.24) is 10.3 Å². The summed E-state index contributed by atoms with van der Waals surface area (Å²) in [6.07, 6.45) is 1.83. The van der Waals surface area contributed by atoms with Gasteiger partial charge in [0.1, 0.15) is 12.4 Å². The number of hydrogen-bond acceptors (Lipinski definition) is 3. The van der Waals surface area contributed by atoms with Gasteiger partial charge >= 0.3 is 0 Å². The van der Waals surface area contributed by atoms with Crippen molar-refractivity contribution in [3.63, 3.8) is 0 Å². The van der Waals surface area contributed by atoms with Crippen molar-refractivity contribution in [2.45, 2.75) is 13.2 Å². The second-order valence-corrected chi connectivity index (χ2v) is 4.91. The summed E-state index contributed by atoms with van der Waals surface area (Å²) in [5.41, 5.74) is 3.32. The van der Waals surface area contributed by atoms with Crippen LogP contribution in [0.25, 0.3) is 10.9 Å². The highest BCUT2D eigenvalue weighted by atomic mass is 16.5. The molecule has 3 rings (SSSR count). The van der Waals surface area contributed by atoms with E-state index in [0.29, 0.717) is 6.61 Å². The lowest BCUT2D eigenvalue weighted by Gasteiger charge is -2.12. The highest BCUT2D eigenvalue weighted by Gasteiger charge is 2.05. The van der Waals surface area contributed by atoms with Crippen molar-refractivity contribution in [2.75, 3.05) is 7.05 Å². The Morgan fingerprint density at radius 2 is 1.76 bits per heavy atom. The number of para-hydroxylation sites is 2. The molecule has 0 spiro atoms. The Morgan fingerprint density at radius 1 is 0.952 bits per heavy atom. The maximum absolute atomic E-state index is 6.02. The van der Waals surface area contributed by atoms with E-state index in [1.165, 1.54) is 5.56 Å². The molecule has 21 heavy (non-hydrogen) atoms. The van der Waals surface area contributed by atoms with Gasteiger partial charge in [-0.2, -0.15) is 0 Å². The summed E-state index contributed by atoms with van der Waals surface area (Å²) in [4.78, 5) is 4.38. The van der Waals surface area contributed by atoms with Gasteiger partial charge in [-0.05, 0) is 25.2 Å². The lowest BCUT2D eigenvalue weighted by Crippen LogP contribution is -2.07. The molecule has 1 aromatic heterocycles. The van der Waals surface area contributed by atoms with Gasteiger partial charge in [-0.1, -0.05) is 36.4 Å². The number of ether oxygens (including phenoxy) is 1. The van der Waals surface area contributed by atoms with Crippen molar-refractivity contribution in [2.24, 2.45) is 0 Å². The molecule has 0 saturated carbocycles. The van der Waals surface area contributed by atoms with Gasteiger partial charge in [0.05, 0.1) is 5.52 Å². The molecule has 0 bridgehead atoms. The summed E-state index contributed by atoms with van der Waals surface area (Å²) in [6.45, 7) is 1.34. The van der Waals surface area contributed by atoms with Crippen molar-refractivity contribution in [3.8, 4) is 5.75 Å². The zero-order valence-corrected chi connectivity index (χ0v) is 12.0. The van der Waals surface area contributed by atoms with Crippen LogP contribution in [0.3, 0.4) is 0 Å². The van der Waals surface area contributed by atoms with Crippen LogP contribution < -0.4 is 10.1 Å². The molecular weight excluding hydrogens is 260 g/mol. The van der Waals surface area contributed by atoms with Crippen LogP contribution in [0.4, 0.5) is 0 Å². The highest BCUT2D eigenvalue weighted by Crippen LogP contribution is 2.22. The molecule has 0 radical (unpaired) electrons. The average Bonchev–Trinajstić information content (AvgIpc) is 2.54. The molecule has 0 unspecified atom stereocenters. The topological polar surface area (TPSA) is 34.1 Å². The van der Waals surface area contributed by atoms with E-state index >= 15 is 0 Å². The Kier molecular flexibility index (Phi) is 4.12. The van der Waals surface area contributed by atoms with E-state index in [9.17, 15) is 0 Å². The maximum atomic E-state index is 6.02. The van der Waals surface area contributed by atoms with Crippen LogP contribution in [0, 0.1) is 0 Å². The van der Waals surface area contributed by atoms with Gasteiger partial charge in [0, 0.05) is 29.3 Å². The molecule has 3 nitrogen and oxygen atoms in total. The molecule has 3 aromatic rings. The third-order valence-corrected chi connectivity index (χ3v) is 3.46. The molecule has 0 fully saturated rings. The number of pyridine rings is 1. The van der Waals surface area contributed by atoms with Crippen molar-refractivity contribution in [1.29, 1.82) is 0 Å². The third-order valence-electron chi connectivity index (χ3n) is 3.46. The maximum Gasteiger partial charge on any atom is 0.124 e. The van der Waals surface area contributed by atoms with E-state index in [1.807, 2.05) is 55.7 Å². The molecule has 106 valence electrons. The highest BCUT2D eigenvalue weighted by molar-refractivity contribution is 5.81. The van der Waals surface area contributed by atoms with Crippen LogP contribution in [0.1, 0.15) is 11.1 Å². The normalized spacial score (nSPS) is 10.7. The Morgan fingerprint density at radius 3 is 2.67 bits per heavy atom. The molecule has 1 N–H and O–H groups in total. The molecule has 0 aliphatic heterocycles. The van der Waals surface area contributed by atoms with Crippen molar-refractivity contribution in [3.05, 3.63) is 71.9 Å². The molecule has 0 aliphatic rings. The standard InChI is InChI=1S/C18H18N2O/c1-19-12-14-6-2-5-9-18(14)21-13-15-10-11-20-17-8-4-3-7-16(15)17/h2-11,19H,12-13H2,1H3. The Hall–Kier alpha value is -2.39. The van der Waals surface area contributed by atoms with Gasteiger partial charge in [-0.15, -0.1) is 0 Å². The molecule has 2 aromatic carbocycles. The third kappa shape index (κ3) is 3.03. The lowest BCUT2D eigenvalue weighted by atomic mass is 10.1. The van der Waals surface area contributed by atoms with Gasteiger partial charge in [0.15, 0.2) is 0 Å². The van der Waals surface area contributed by atoms with E-state index in [2.05, 4.69) is 22.4 Å². The van der Waals surface area contributed by atoms with Gasteiger partial charge in [0.2, 0.25) is 0 Å².